The summed E-state index contributed by atoms with van der Waals surface area (Å²) in [5, 5.41) is 8.12. The minimum atomic E-state index is -0.466. The first-order chi connectivity index (χ1) is 5.20. The third-order valence-electron chi connectivity index (χ3n) is 1.04. The molecule has 0 rings (SSSR count). The number of ether oxygens (including phenoxy) is 1. The summed E-state index contributed by atoms with van der Waals surface area (Å²) in [6.45, 7) is 3.34. The number of rotatable bonds is 5. The Morgan fingerprint density at radius 3 is 2.91 bits per heavy atom. The van der Waals surface area contributed by atoms with Crippen LogP contribution >= 0.6 is 11.6 Å². The van der Waals surface area contributed by atoms with E-state index < -0.39 is 5.97 Å². The van der Waals surface area contributed by atoms with Crippen molar-refractivity contribution in [2.45, 2.75) is 11.8 Å². The molecule has 0 aromatic rings. The zero-order valence-corrected chi connectivity index (χ0v) is 6.88. The highest BCUT2D eigenvalue weighted by atomic mass is 35.5. The maximum absolute atomic E-state index is 10.4. The molecule has 0 heterocycles. The fraction of sp³-hybridized carbons (Fsp3) is 0.571. The second kappa shape index (κ2) is 6.19. The molecule has 1 atom stereocenters. The van der Waals surface area contributed by atoms with Gasteiger partial charge in [-0.1, -0.05) is 6.58 Å². The van der Waals surface area contributed by atoms with Gasteiger partial charge in [-0.2, -0.15) is 0 Å². The fourth-order valence-electron chi connectivity index (χ4n) is 0.438. The molecule has 0 saturated heterocycles. The fourth-order valence-corrected chi connectivity index (χ4v) is 0.527. The molecule has 3 nitrogen and oxygen atoms in total. The highest BCUT2D eigenvalue weighted by Crippen LogP contribution is 2.00. The van der Waals surface area contributed by atoms with Gasteiger partial charge in [0.1, 0.15) is 0 Å². The van der Waals surface area contributed by atoms with Crippen LogP contribution in [0.3, 0.4) is 0 Å². The number of halogens is 1. The smallest absolute Gasteiger partial charge is 0.330 e. The lowest BCUT2D eigenvalue weighted by atomic mass is 10.3. The van der Waals surface area contributed by atoms with E-state index in [1.54, 1.807) is 0 Å². The summed E-state index contributed by atoms with van der Waals surface area (Å²) < 4.78 is 4.61. The number of aliphatic hydroxyl groups is 1. The number of carbonyl (C=O) groups excluding carboxylic acids is 1. The summed E-state index contributed by atoms with van der Waals surface area (Å²) in [6, 6.07) is 0. The SMILES string of the molecule is C=CC(=O)OCCC(Cl)CO. The molecule has 0 fully saturated rings. The molecule has 0 amide bonds. The van der Waals surface area contributed by atoms with Crippen LogP contribution in [0.2, 0.25) is 0 Å². The van der Waals surface area contributed by atoms with Crippen LogP contribution in [-0.2, 0) is 9.53 Å². The van der Waals surface area contributed by atoms with Crippen molar-refractivity contribution in [1.29, 1.82) is 0 Å². The standard InChI is InChI=1S/C7H11ClO3/c1-2-7(10)11-4-3-6(8)5-9/h2,6,9H,1,3-5H2. The predicted octanol–water partition coefficient (Wildman–Crippen LogP) is 0.705. The molecule has 1 unspecified atom stereocenters. The van der Waals surface area contributed by atoms with Crippen molar-refractivity contribution in [3.63, 3.8) is 0 Å². The van der Waals surface area contributed by atoms with Gasteiger partial charge in [-0.3, -0.25) is 0 Å². The molecule has 0 aliphatic rings. The molecule has 4 heteroatoms. The molecule has 11 heavy (non-hydrogen) atoms. The summed E-state index contributed by atoms with van der Waals surface area (Å²) in [4.78, 5) is 10.4. The Hall–Kier alpha value is -0.540. The van der Waals surface area contributed by atoms with E-state index in [-0.39, 0.29) is 18.6 Å². The summed E-state index contributed by atoms with van der Waals surface area (Å²) in [6.07, 6.45) is 1.54. The number of aliphatic hydroxyl groups excluding tert-OH is 1. The Morgan fingerprint density at radius 2 is 2.45 bits per heavy atom. The van der Waals surface area contributed by atoms with E-state index in [4.69, 9.17) is 16.7 Å². The summed E-state index contributed by atoms with van der Waals surface area (Å²) in [5.41, 5.74) is 0. The zero-order valence-electron chi connectivity index (χ0n) is 6.12. The molecule has 0 aliphatic carbocycles. The molecular weight excluding hydrogens is 168 g/mol. The normalized spacial score (nSPS) is 12.2. The van der Waals surface area contributed by atoms with E-state index in [1.807, 2.05) is 0 Å². The summed E-state index contributed by atoms with van der Waals surface area (Å²) >= 11 is 5.52. The van der Waals surface area contributed by atoms with Crippen molar-refractivity contribution in [1.82, 2.24) is 0 Å². The van der Waals surface area contributed by atoms with Gasteiger partial charge < -0.3 is 9.84 Å². The van der Waals surface area contributed by atoms with Crippen LogP contribution in [0.15, 0.2) is 12.7 Å². The number of esters is 1. The number of alkyl halides is 1. The van der Waals surface area contributed by atoms with Gasteiger partial charge in [0, 0.05) is 12.5 Å². The summed E-state index contributed by atoms with van der Waals surface area (Å²) in [5.74, 6) is -0.466. The van der Waals surface area contributed by atoms with E-state index in [2.05, 4.69) is 11.3 Å². The lowest BCUT2D eigenvalue weighted by Gasteiger charge is -2.04. The van der Waals surface area contributed by atoms with E-state index in [1.165, 1.54) is 0 Å². The average molecular weight is 179 g/mol. The molecule has 0 saturated carbocycles. The molecule has 0 bridgehead atoms. The third kappa shape index (κ3) is 5.88. The van der Waals surface area contributed by atoms with E-state index in [0.717, 1.165) is 6.08 Å². The Kier molecular flexibility index (Phi) is 5.88. The first kappa shape index (κ1) is 10.5. The van der Waals surface area contributed by atoms with Crippen molar-refractivity contribution < 1.29 is 14.6 Å². The highest BCUT2D eigenvalue weighted by molar-refractivity contribution is 6.20. The Bertz CT molecular complexity index is 136. The number of hydrogen-bond acceptors (Lipinski definition) is 3. The van der Waals surface area contributed by atoms with Gasteiger partial charge in [-0.15, -0.1) is 11.6 Å². The van der Waals surface area contributed by atoms with Crippen LogP contribution < -0.4 is 0 Å². The predicted molar refractivity (Wildman–Crippen MR) is 42.5 cm³/mol. The Balaban J connectivity index is 3.26. The first-order valence-corrected chi connectivity index (χ1v) is 3.68. The van der Waals surface area contributed by atoms with Gasteiger partial charge in [0.15, 0.2) is 0 Å². The molecule has 0 aromatic carbocycles. The van der Waals surface area contributed by atoms with Gasteiger partial charge in [0.05, 0.1) is 18.6 Å². The van der Waals surface area contributed by atoms with Crippen LogP contribution in [0.5, 0.6) is 0 Å². The first-order valence-electron chi connectivity index (χ1n) is 3.24. The topological polar surface area (TPSA) is 46.5 Å². The number of carbonyl (C=O) groups is 1. The van der Waals surface area contributed by atoms with Crippen LogP contribution in [-0.4, -0.2) is 29.7 Å². The van der Waals surface area contributed by atoms with Gasteiger partial charge >= 0.3 is 5.97 Å². The van der Waals surface area contributed by atoms with Gasteiger partial charge in [-0.05, 0) is 0 Å². The van der Waals surface area contributed by atoms with E-state index in [0.29, 0.717) is 6.42 Å². The van der Waals surface area contributed by atoms with Gasteiger partial charge in [0.2, 0.25) is 0 Å². The maximum Gasteiger partial charge on any atom is 0.330 e. The maximum atomic E-state index is 10.4. The Labute approximate surface area is 70.6 Å². The van der Waals surface area contributed by atoms with E-state index >= 15 is 0 Å². The van der Waals surface area contributed by atoms with Crippen molar-refractivity contribution >= 4 is 17.6 Å². The van der Waals surface area contributed by atoms with Gasteiger partial charge in [-0.25, -0.2) is 4.79 Å². The van der Waals surface area contributed by atoms with Crippen molar-refractivity contribution in [3.8, 4) is 0 Å². The second-order valence-corrected chi connectivity index (χ2v) is 2.56. The second-order valence-electron chi connectivity index (χ2n) is 1.94. The molecule has 0 spiro atoms. The largest absolute Gasteiger partial charge is 0.462 e. The number of hydrogen-bond donors (Lipinski definition) is 1. The zero-order chi connectivity index (χ0) is 8.69. The minimum Gasteiger partial charge on any atom is -0.462 e. The third-order valence-corrected chi connectivity index (χ3v) is 1.40. The molecule has 0 aliphatic heterocycles. The molecule has 64 valence electrons. The monoisotopic (exact) mass is 178 g/mol. The van der Waals surface area contributed by atoms with Crippen molar-refractivity contribution in [2.24, 2.45) is 0 Å². The molecular formula is C7H11ClO3. The van der Waals surface area contributed by atoms with Crippen LogP contribution in [0, 0.1) is 0 Å². The van der Waals surface area contributed by atoms with Crippen LogP contribution in [0.1, 0.15) is 6.42 Å². The summed E-state index contributed by atoms with van der Waals surface area (Å²) in [7, 11) is 0. The van der Waals surface area contributed by atoms with Crippen LogP contribution in [0.25, 0.3) is 0 Å². The van der Waals surface area contributed by atoms with Crippen molar-refractivity contribution in [2.75, 3.05) is 13.2 Å². The van der Waals surface area contributed by atoms with Gasteiger partial charge in [0.25, 0.3) is 0 Å². The molecule has 0 aromatic heterocycles. The van der Waals surface area contributed by atoms with Crippen LogP contribution in [0.4, 0.5) is 0 Å². The minimum absolute atomic E-state index is 0.104. The van der Waals surface area contributed by atoms with Crippen molar-refractivity contribution in [3.05, 3.63) is 12.7 Å². The Morgan fingerprint density at radius 1 is 1.82 bits per heavy atom. The lowest BCUT2D eigenvalue weighted by Crippen LogP contribution is -2.10. The highest BCUT2D eigenvalue weighted by Gasteiger charge is 2.02. The lowest BCUT2D eigenvalue weighted by molar-refractivity contribution is -0.137. The quantitative estimate of drug-likeness (QED) is 0.383. The average Bonchev–Trinajstić information content (AvgIpc) is 2.04. The molecule has 1 N–H and O–H groups in total. The van der Waals surface area contributed by atoms with E-state index in [9.17, 15) is 4.79 Å². The molecule has 0 radical (unpaired) electrons.